The molecule has 4 aromatic rings. The second-order valence-electron chi connectivity index (χ2n) is 11.0. The summed E-state index contributed by atoms with van der Waals surface area (Å²) >= 11 is 0. The number of carbonyl (C=O) groups excluding carboxylic acids is 1. The maximum Gasteiger partial charge on any atom is 0.253 e. The molecule has 3 aliphatic rings. The second kappa shape index (κ2) is 9.19. The van der Waals surface area contributed by atoms with E-state index < -0.39 is 0 Å². The number of nitrogens with one attached hydrogen (secondary N) is 1. The van der Waals surface area contributed by atoms with Crippen LogP contribution in [0.5, 0.6) is 0 Å². The molecule has 0 bridgehead atoms. The third kappa shape index (κ3) is 4.13. The molecule has 39 heavy (non-hydrogen) atoms. The molecule has 1 N–H and O–H groups in total. The number of likely N-dealkylation sites (tertiary alicyclic amines) is 1. The fraction of sp³-hybridized carbons (Fsp3) is 0.333. The van der Waals surface area contributed by atoms with Crippen LogP contribution in [-0.4, -0.2) is 90.2 Å². The van der Waals surface area contributed by atoms with Crippen LogP contribution in [0.1, 0.15) is 15.9 Å². The predicted molar refractivity (Wildman–Crippen MR) is 148 cm³/mol. The van der Waals surface area contributed by atoms with Crippen molar-refractivity contribution in [3.8, 4) is 28.5 Å². The van der Waals surface area contributed by atoms with Crippen molar-refractivity contribution in [1.82, 2.24) is 24.8 Å². The fourth-order valence-electron chi connectivity index (χ4n) is 5.81. The van der Waals surface area contributed by atoms with Gasteiger partial charge in [-0.05, 0) is 36.9 Å². The smallest absolute Gasteiger partial charge is 0.253 e. The SMILES string of the molecule is CN1CCN(c2ccc(-c3cnc4[nH]cc(-c5ccc(C(=O)N6CC7(COC7)C6)cc5)c4n3)cc2C#N)CC1. The Balaban J connectivity index is 1.14. The number of aromatic amines is 1. The van der Waals surface area contributed by atoms with Gasteiger partial charge in [0.1, 0.15) is 11.6 Å². The fourth-order valence-corrected chi connectivity index (χ4v) is 5.81. The molecule has 0 atom stereocenters. The van der Waals surface area contributed by atoms with Crippen molar-refractivity contribution >= 4 is 22.8 Å². The van der Waals surface area contributed by atoms with E-state index in [1.54, 1.807) is 6.20 Å². The highest BCUT2D eigenvalue weighted by molar-refractivity contribution is 5.96. The Bertz CT molecular complexity index is 1600. The number of benzene rings is 2. The van der Waals surface area contributed by atoms with Crippen molar-refractivity contribution in [2.75, 3.05) is 64.4 Å². The molecule has 0 aliphatic carbocycles. The van der Waals surface area contributed by atoms with Crippen LogP contribution in [0.15, 0.2) is 54.9 Å². The van der Waals surface area contributed by atoms with E-state index in [1.165, 1.54) is 0 Å². The molecule has 5 heterocycles. The minimum absolute atomic E-state index is 0.0633. The number of H-pyrrole nitrogens is 1. The Morgan fingerprint density at radius 1 is 1.05 bits per heavy atom. The molecule has 7 rings (SSSR count). The lowest BCUT2D eigenvalue weighted by Crippen LogP contribution is -2.67. The van der Waals surface area contributed by atoms with E-state index in [2.05, 4.69) is 32.9 Å². The van der Waals surface area contributed by atoms with Crippen molar-refractivity contribution in [3.63, 3.8) is 0 Å². The summed E-state index contributed by atoms with van der Waals surface area (Å²) in [5.41, 5.74) is 7.39. The number of nitrogens with zero attached hydrogens (tertiary/aromatic N) is 6. The van der Waals surface area contributed by atoms with Crippen molar-refractivity contribution in [2.45, 2.75) is 0 Å². The van der Waals surface area contributed by atoms with E-state index in [-0.39, 0.29) is 11.3 Å². The molecule has 0 unspecified atom stereocenters. The molecule has 9 nitrogen and oxygen atoms in total. The first kappa shape index (κ1) is 23.8. The minimum Gasteiger partial charge on any atom is -0.380 e. The molecule has 9 heteroatoms. The van der Waals surface area contributed by atoms with Crippen molar-refractivity contribution in [2.24, 2.45) is 5.41 Å². The zero-order valence-corrected chi connectivity index (χ0v) is 21.9. The van der Waals surface area contributed by atoms with Gasteiger partial charge in [-0.25, -0.2) is 9.97 Å². The Morgan fingerprint density at radius 2 is 1.79 bits per heavy atom. The molecule has 3 aliphatic heterocycles. The standard InChI is InChI=1S/C30H29N7O2/c1-35-8-10-36(11-9-35)26-7-6-22(12-23(26)13-31)25-15-33-28-27(34-25)24(14-32-28)20-2-4-21(5-3-20)29(38)37-16-30(17-37)18-39-19-30/h2-7,12,14-15H,8-11,16-19H2,1H3,(H,32,33). The van der Waals surface area contributed by atoms with Gasteiger partial charge in [0.2, 0.25) is 0 Å². The topological polar surface area (TPSA) is 101 Å². The largest absolute Gasteiger partial charge is 0.380 e. The van der Waals surface area contributed by atoms with Crippen LogP contribution in [0.2, 0.25) is 0 Å². The van der Waals surface area contributed by atoms with Crippen LogP contribution in [-0.2, 0) is 4.74 Å². The maximum absolute atomic E-state index is 12.9. The van der Waals surface area contributed by atoms with E-state index >= 15 is 0 Å². The zero-order valence-electron chi connectivity index (χ0n) is 21.9. The predicted octanol–water partition coefficient (Wildman–Crippen LogP) is 3.39. The van der Waals surface area contributed by atoms with E-state index in [0.717, 1.165) is 80.4 Å². The number of aromatic nitrogens is 3. The Kier molecular flexibility index (Phi) is 5.61. The Morgan fingerprint density at radius 3 is 2.49 bits per heavy atom. The summed E-state index contributed by atoms with van der Waals surface area (Å²) in [4.78, 5) is 32.1. The molecule has 1 amide bonds. The average Bonchev–Trinajstić information content (AvgIpc) is 3.35. The molecule has 0 radical (unpaired) electrons. The second-order valence-corrected chi connectivity index (χ2v) is 11.0. The summed E-state index contributed by atoms with van der Waals surface area (Å²) in [5, 5.41) is 9.90. The molecular formula is C30H29N7O2. The van der Waals surface area contributed by atoms with Gasteiger partial charge < -0.3 is 24.4 Å². The van der Waals surface area contributed by atoms with E-state index in [9.17, 15) is 10.1 Å². The molecule has 3 saturated heterocycles. The number of nitriles is 1. The highest BCUT2D eigenvalue weighted by atomic mass is 16.5. The van der Waals surface area contributed by atoms with E-state index in [0.29, 0.717) is 22.5 Å². The normalized spacial score (nSPS) is 18.6. The maximum atomic E-state index is 12.9. The number of carbonyl (C=O) groups is 1. The van der Waals surface area contributed by atoms with Crippen LogP contribution >= 0.6 is 0 Å². The van der Waals surface area contributed by atoms with Crippen LogP contribution < -0.4 is 4.90 Å². The number of piperazine rings is 1. The zero-order chi connectivity index (χ0) is 26.6. The van der Waals surface area contributed by atoms with E-state index in [4.69, 9.17) is 9.72 Å². The van der Waals surface area contributed by atoms with Crippen LogP contribution in [0, 0.1) is 16.7 Å². The van der Waals surface area contributed by atoms with Gasteiger partial charge in [-0.2, -0.15) is 5.26 Å². The molecule has 3 fully saturated rings. The van der Waals surface area contributed by atoms with Gasteiger partial charge in [0.15, 0.2) is 5.65 Å². The molecule has 2 aromatic carbocycles. The number of anilines is 1. The monoisotopic (exact) mass is 519 g/mol. The Labute approximate surface area is 226 Å². The van der Waals surface area contributed by atoms with Crippen LogP contribution in [0.3, 0.4) is 0 Å². The summed E-state index contributed by atoms with van der Waals surface area (Å²) < 4.78 is 5.32. The summed E-state index contributed by atoms with van der Waals surface area (Å²) in [6.45, 7) is 6.84. The number of ether oxygens (including phenoxy) is 1. The number of rotatable bonds is 4. The number of fused-ring (bicyclic) bond motifs is 1. The van der Waals surface area contributed by atoms with Gasteiger partial charge in [0.05, 0.1) is 41.8 Å². The van der Waals surface area contributed by atoms with Gasteiger partial charge >= 0.3 is 0 Å². The van der Waals surface area contributed by atoms with Gasteiger partial charge in [0.25, 0.3) is 5.91 Å². The molecule has 2 aromatic heterocycles. The first-order valence-corrected chi connectivity index (χ1v) is 13.3. The first-order valence-electron chi connectivity index (χ1n) is 13.3. The van der Waals surface area contributed by atoms with Crippen LogP contribution in [0.25, 0.3) is 33.5 Å². The van der Waals surface area contributed by atoms with Gasteiger partial charge in [-0.1, -0.05) is 18.2 Å². The number of likely N-dealkylation sites (N-methyl/N-ethyl adjacent to an activating group) is 1. The quantitative estimate of drug-likeness (QED) is 0.441. The summed E-state index contributed by atoms with van der Waals surface area (Å²) in [7, 11) is 2.12. The van der Waals surface area contributed by atoms with Crippen molar-refractivity contribution < 1.29 is 9.53 Å². The van der Waals surface area contributed by atoms with E-state index in [1.807, 2.05) is 53.6 Å². The van der Waals surface area contributed by atoms with Gasteiger partial charge in [-0.3, -0.25) is 4.79 Å². The summed E-state index contributed by atoms with van der Waals surface area (Å²) in [6.07, 6.45) is 3.64. The summed E-state index contributed by atoms with van der Waals surface area (Å²) in [5.74, 6) is 0.0633. The summed E-state index contributed by atoms with van der Waals surface area (Å²) in [6, 6.07) is 16.0. The molecule has 1 spiro atoms. The number of amides is 1. The molecule has 196 valence electrons. The lowest BCUT2D eigenvalue weighted by atomic mass is 9.78. The van der Waals surface area contributed by atoms with Crippen molar-refractivity contribution in [1.29, 1.82) is 5.26 Å². The van der Waals surface area contributed by atoms with Crippen molar-refractivity contribution in [3.05, 3.63) is 66.0 Å². The third-order valence-electron chi connectivity index (χ3n) is 8.24. The lowest BCUT2D eigenvalue weighted by molar-refractivity contribution is -0.176. The first-order chi connectivity index (χ1) is 19.0. The number of hydrogen-bond acceptors (Lipinski definition) is 7. The Hall–Kier alpha value is -4.26. The highest BCUT2D eigenvalue weighted by Gasteiger charge is 2.50. The third-order valence-corrected chi connectivity index (χ3v) is 8.24. The minimum atomic E-state index is 0.0633. The highest BCUT2D eigenvalue weighted by Crippen LogP contribution is 2.38. The lowest BCUT2D eigenvalue weighted by Gasteiger charge is -2.54. The van der Waals surface area contributed by atoms with Crippen LogP contribution in [0.4, 0.5) is 5.69 Å². The molecule has 0 saturated carbocycles. The van der Waals surface area contributed by atoms with Gasteiger partial charge in [0, 0.05) is 62.2 Å². The van der Waals surface area contributed by atoms with Gasteiger partial charge in [-0.15, -0.1) is 0 Å². The average molecular weight is 520 g/mol. The number of hydrogen-bond donors (Lipinski definition) is 1. The molecular weight excluding hydrogens is 490 g/mol.